The minimum Gasteiger partial charge on any atom is -0.207 e. The quantitative estimate of drug-likeness (QED) is 0.568. The summed E-state index contributed by atoms with van der Waals surface area (Å²) in [5.41, 5.74) is 2.61. The van der Waals surface area contributed by atoms with E-state index < -0.39 is 0 Å². The molecule has 1 aliphatic carbocycles. The summed E-state index contributed by atoms with van der Waals surface area (Å²) in [7, 11) is 0. The molecule has 82 valence electrons. The fourth-order valence-corrected chi connectivity index (χ4v) is 3.14. The van der Waals surface area contributed by atoms with Crippen LogP contribution in [0.15, 0.2) is 6.07 Å². The molecule has 0 bridgehead atoms. The van der Waals surface area contributed by atoms with Crippen LogP contribution in [-0.2, 0) is 0 Å². The lowest BCUT2D eigenvalue weighted by Crippen LogP contribution is -2.13. The summed E-state index contributed by atoms with van der Waals surface area (Å²) >= 11 is 12.3. The van der Waals surface area contributed by atoms with Crippen LogP contribution < -0.4 is 0 Å². The van der Waals surface area contributed by atoms with Gasteiger partial charge in [-0.2, -0.15) is 0 Å². The van der Waals surface area contributed by atoms with Gasteiger partial charge in [0.05, 0.1) is 5.38 Å². The molecule has 0 heterocycles. The van der Waals surface area contributed by atoms with Crippen LogP contribution in [0.4, 0.5) is 4.39 Å². The summed E-state index contributed by atoms with van der Waals surface area (Å²) in [6, 6.07) is 1.40. The van der Waals surface area contributed by atoms with E-state index in [0.717, 1.165) is 24.0 Å². The van der Waals surface area contributed by atoms with Gasteiger partial charge in [0.15, 0.2) is 0 Å². The van der Waals surface area contributed by atoms with Crippen LogP contribution >= 0.6 is 23.2 Å². The Kier molecular flexibility index (Phi) is 2.96. The first kappa shape index (κ1) is 11.2. The summed E-state index contributed by atoms with van der Waals surface area (Å²) in [5.74, 6) is 0.125. The van der Waals surface area contributed by atoms with Gasteiger partial charge in [-0.3, -0.25) is 0 Å². The lowest BCUT2D eigenvalue weighted by Gasteiger charge is -2.29. The van der Waals surface area contributed by atoms with Gasteiger partial charge in [-0.15, -0.1) is 11.6 Å². The minimum absolute atomic E-state index is 0.0931. The summed E-state index contributed by atoms with van der Waals surface area (Å²) in [6.07, 6.45) is 1.92. The van der Waals surface area contributed by atoms with E-state index in [1.807, 2.05) is 0 Å². The van der Waals surface area contributed by atoms with Gasteiger partial charge in [-0.25, -0.2) is 4.39 Å². The molecular formula is C12H13Cl2F. The molecule has 0 N–H and O–H groups in total. The molecule has 0 aliphatic heterocycles. The number of benzene rings is 1. The second-order valence-electron chi connectivity index (χ2n) is 4.24. The zero-order chi connectivity index (χ0) is 11.2. The molecule has 0 nitrogen and oxygen atoms in total. The van der Waals surface area contributed by atoms with Crippen molar-refractivity contribution in [2.75, 3.05) is 0 Å². The highest BCUT2D eigenvalue weighted by molar-refractivity contribution is 6.32. The molecule has 2 atom stereocenters. The Labute approximate surface area is 99.4 Å². The van der Waals surface area contributed by atoms with Crippen molar-refractivity contribution in [2.45, 2.75) is 38.0 Å². The van der Waals surface area contributed by atoms with Gasteiger partial charge in [0, 0.05) is 5.02 Å². The van der Waals surface area contributed by atoms with Gasteiger partial charge >= 0.3 is 0 Å². The molecule has 0 radical (unpaired) electrons. The third kappa shape index (κ3) is 1.76. The van der Waals surface area contributed by atoms with Gasteiger partial charge in [-0.05, 0) is 48.4 Å². The molecule has 0 saturated carbocycles. The van der Waals surface area contributed by atoms with Crippen LogP contribution in [0.25, 0.3) is 0 Å². The summed E-state index contributed by atoms with van der Waals surface area (Å²) in [5, 5.41) is 0.426. The molecule has 3 heteroatoms. The average molecular weight is 247 g/mol. The molecule has 0 fully saturated rings. The third-order valence-corrected chi connectivity index (χ3v) is 3.97. The maximum absolute atomic E-state index is 13.5. The molecule has 0 amide bonds. The molecule has 0 aromatic heterocycles. The Bertz CT molecular complexity index is 401. The maximum Gasteiger partial charge on any atom is 0.127 e. The number of alkyl halides is 1. The highest BCUT2D eigenvalue weighted by Crippen LogP contribution is 2.45. The Morgan fingerprint density at radius 1 is 1.33 bits per heavy atom. The highest BCUT2D eigenvalue weighted by Gasteiger charge is 2.28. The van der Waals surface area contributed by atoms with Gasteiger partial charge < -0.3 is 0 Å². The molecule has 2 rings (SSSR count). The first-order valence-corrected chi connectivity index (χ1v) is 5.96. The van der Waals surface area contributed by atoms with E-state index in [9.17, 15) is 4.39 Å². The lowest BCUT2D eigenvalue weighted by molar-refractivity contribution is 0.560. The van der Waals surface area contributed by atoms with Crippen molar-refractivity contribution in [1.29, 1.82) is 0 Å². The van der Waals surface area contributed by atoms with E-state index in [1.165, 1.54) is 6.07 Å². The summed E-state index contributed by atoms with van der Waals surface area (Å²) in [6.45, 7) is 3.89. The molecule has 1 aromatic rings. The van der Waals surface area contributed by atoms with E-state index in [4.69, 9.17) is 23.2 Å². The van der Waals surface area contributed by atoms with Gasteiger partial charge in [0.2, 0.25) is 0 Å². The number of fused-ring (bicyclic) bond motifs is 1. The van der Waals surface area contributed by atoms with Crippen LogP contribution in [0.5, 0.6) is 0 Å². The fraction of sp³-hybridized carbons (Fsp3) is 0.500. The molecule has 15 heavy (non-hydrogen) atoms. The monoisotopic (exact) mass is 246 g/mol. The highest BCUT2D eigenvalue weighted by atomic mass is 35.5. The molecule has 1 aromatic carbocycles. The van der Waals surface area contributed by atoms with E-state index in [2.05, 4.69) is 6.92 Å². The van der Waals surface area contributed by atoms with Crippen molar-refractivity contribution >= 4 is 23.2 Å². The molecule has 0 spiro atoms. The molecule has 0 saturated heterocycles. The van der Waals surface area contributed by atoms with E-state index >= 15 is 0 Å². The van der Waals surface area contributed by atoms with Crippen LogP contribution in [0.2, 0.25) is 5.02 Å². The van der Waals surface area contributed by atoms with E-state index in [0.29, 0.717) is 16.5 Å². The Balaban J connectivity index is 2.71. The topological polar surface area (TPSA) is 0 Å². The van der Waals surface area contributed by atoms with E-state index in [-0.39, 0.29) is 11.2 Å². The zero-order valence-electron chi connectivity index (χ0n) is 8.78. The lowest BCUT2D eigenvalue weighted by atomic mass is 9.81. The largest absolute Gasteiger partial charge is 0.207 e. The van der Waals surface area contributed by atoms with Crippen molar-refractivity contribution in [3.05, 3.63) is 33.6 Å². The number of halogens is 3. The first-order chi connectivity index (χ1) is 7.02. The van der Waals surface area contributed by atoms with Gasteiger partial charge in [0.25, 0.3) is 0 Å². The molecule has 1 aliphatic rings. The number of rotatable bonds is 0. The minimum atomic E-state index is -0.251. The standard InChI is InChI=1S/C12H13Cl2F/c1-6-3-4-8(13)12-7(2)10(15)5-9(14)11(6)12/h5-6,8H,3-4H2,1-2H3. The SMILES string of the molecule is Cc1c(F)cc(Cl)c2c1C(Cl)CCC2C. The van der Waals surface area contributed by atoms with Gasteiger partial charge in [-0.1, -0.05) is 18.5 Å². The number of hydrogen-bond donors (Lipinski definition) is 0. The van der Waals surface area contributed by atoms with Crippen molar-refractivity contribution in [2.24, 2.45) is 0 Å². The fourth-order valence-electron chi connectivity index (χ4n) is 2.35. The zero-order valence-corrected chi connectivity index (χ0v) is 10.3. The third-order valence-electron chi connectivity index (χ3n) is 3.22. The second kappa shape index (κ2) is 3.95. The molecule has 2 unspecified atom stereocenters. The van der Waals surface area contributed by atoms with Crippen LogP contribution in [-0.4, -0.2) is 0 Å². The average Bonchev–Trinajstić information content (AvgIpc) is 2.18. The summed E-state index contributed by atoms with van der Waals surface area (Å²) in [4.78, 5) is 0. The van der Waals surface area contributed by atoms with Crippen LogP contribution in [0, 0.1) is 12.7 Å². The smallest absolute Gasteiger partial charge is 0.127 e. The van der Waals surface area contributed by atoms with Crippen LogP contribution in [0.1, 0.15) is 47.8 Å². The molecular weight excluding hydrogens is 234 g/mol. The van der Waals surface area contributed by atoms with E-state index in [1.54, 1.807) is 6.92 Å². The van der Waals surface area contributed by atoms with Crippen LogP contribution in [0.3, 0.4) is 0 Å². The summed E-state index contributed by atoms with van der Waals surface area (Å²) < 4.78 is 13.5. The Morgan fingerprint density at radius 3 is 2.67 bits per heavy atom. The second-order valence-corrected chi connectivity index (χ2v) is 5.17. The first-order valence-electron chi connectivity index (χ1n) is 5.14. The predicted molar refractivity (Wildman–Crippen MR) is 62.4 cm³/mol. The van der Waals surface area contributed by atoms with Gasteiger partial charge in [0.1, 0.15) is 5.82 Å². The predicted octanol–water partition coefficient (Wildman–Crippen LogP) is 4.96. The van der Waals surface area contributed by atoms with Crippen molar-refractivity contribution in [3.8, 4) is 0 Å². The van der Waals surface area contributed by atoms with Crippen molar-refractivity contribution < 1.29 is 4.39 Å². The number of hydrogen-bond acceptors (Lipinski definition) is 0. The normalized spacial score (nSPS) is 25.1. The maximum atomic E-state index is 13.5. The Morgan fingerprint density at radius 2 is 2.00 bits per heavy atom. The van der Waals surface area contributed by atoms with Crippen molar-refractivity contribution in [1.82, 2.24) is 0 Å². The van der Waals surface area contributed by atoms with Crippen molar-refractivity contribution in [3.63, 3.8) is 0 Å². The Hall–Kier alpha value is -0.270.